The molecule has 2 N–H and O–H groups in total. The summed E-state index contributed by atoms with van der Waals surface area (Å²) in [6.07, 6.45) is 5.04. The summed E-state index contributed by atoms with van der Waals surface area (Å²) in [5, 5.41) is 15.9. The highest BCUT2D eigenvalue weighted by atomic mass is 32.2. The molecule has 1 fully saturated rings. The molecule has 3 aromatic rings. The van der Waals surface area contributed by atoms with Crippen LogP contribution in [0.4, 0.5) is 16.3 Å². The number of amides is 1. The number of nitrogens with one attached hydrogen (secondary N) is 1. The minimum absolute atomic E-state index is 0.0531. The number of pyridine rings is 2. The van der Waals surface area contributed by atoms with Crippen molar-refractivity contribution in [2.75, 3.05) is 24.7 Å². The minimum atomic E-state index is -3.28. The Labute approximate surface area is 216 Å². The number of aromatic nitrogens is 2. The number of carbonyl (C=O) groups excluding carboxylic acids is 1. The summed E-state index contributed by atoms with van der Waals surface area (Å²) >= 11 is 0. The van der Waals surface area contributed by atoms with Gasteiger partial charge in [0.2, 0.25) is 0 Å². The van der Waals surface area contributed by atoms with E-state index in [0.29, 0.717) is 36.6 Å². The Morgan fingerprint density at radius 3 is 2.59 bits per heavy atom. The molecular weight excluding hydrogens is 492 g/mol. The molecule has 0 aliphatic carbocycles. The molecule has 0 radical (unpaired) electrons. The second-order valence-corrected chi connectivity index (χ2v) is 12.2. The molecule has 4 rings (SSSR count). The van der Waals surface area contributed by atoms with Crippen LogP contribution >= 0.6 is 0 Å². The van der Waals surface area contributed by atoms with Crippen molar-refractivity contribution in [3.63, 3.8) is 0 Å². The second kappa shape index (κ2) is 10.00. The van der Waals surface area contributed by atoms with Crippen molar-refractivity contribution >= 4 is 38.2 Å². The molecule has 0 saturated carbocycles. The van der Waals surface area contributed by atoms with E-state index in [1.54, 1.807) is 51.4 Å². The number of likely N-dealkylation sites (tertiary alicyclic amines) is 1. The first-order valence-corrected chi connectivity index (χ1v) is 13.8. The van der Waals surface area contributed by atoms with Crippen LogP contribution in [0.15, 0.2) is 53.7 Å². The van der Waals surface area contributed by atoms with E-state index in [2.05, 4.69) is 27.1 Å². The summed E-state index contributed by atoms with van der Waals surface area (Å²) in [6, 6.07) is 10.0. The predicted octanol–water partition coefficient (Wildman–Crippen LogP) is 3.89. The summed E-state index contributed by atoms with van der Waals surface area (Å²) in [7, 11) is -3.28. The topological polar surface area (TPSA) is 122 Å². The molecule has 194 valence electrons. The third-order valence-electron chi connectivity index (χ3n) is 5.74. The van der Waals surface area contributed by atoms with Crippen molar-refractivity contribution in [1.82, 2.24) is 14.9 Å². The fourth-order valence-corrected chi connectivity index (χ4v) is 4.59. The maximum absolute atomic E-state index is 12.5. The zero-order chi connectivity index (χ0) is 26.8. The Hall–Kier alpha value is -3.68. The van der Waals surface area contributed by atoms with E-state index in [9.17, 15) is 18.3 Å². The quantitative estimate of drug-likeness (QED) is 0.497. The molecule has 0 bridgehead atoms. The third-order valence-corrected chi connectivity index (χ3v) is 6.87. The number of carbonyl (C=O) groups is 1. The molecule has 10 heteroatoms. The first kappa shape index (κ1) is 26.4. The summed E-state index contributed by atoms with van der Waals surface area (Å²) in [5.74, 6) is 6.48. The second-order valence-electron chi connectivity index (χ2n) is 10.2. The normalized spacial score (nSPS) is 18.1. The van der Waals surface area contributed by atoms with E-state index in [4.69, 9.17) is 4.74 Å². The summed E-state index contributed by atoms with van der Waals surface area (Å²) in [6.45, 7) is 5.95. The number of rotatable bonds is 3. The molecule has 3 heterocycles. The Balaban J connectivity index is 1.57. The lowest BCUT2D eigenvalue weighted by Crippen LogP contribution is -2.50. The van der Waals surface area contributed by atoms with Gasteiger partial charge < -0.3 is 20.1 Å². The van der Waals surface area contributed by atoms with Crippen LogP contribution in [0.3, 0.4) is 0 Å². The lowest BCUT2D eigenvalue weighted by Gasteiger charge is -2.36. The van der Waals surface area contributed by atoms with E-state index >= 15 is 0 Å². The van der Waals surface area contributed by atoms with E-state index in [1.165, 1.54) is 17.0 Å². The monoisotopic (exact) mass is 522 g/mol. The predicted molar refractivity (Wildman–Crippen MR) is 141 cm³/mol. The van der Waals surface area contributed by atoms with Crippen molar-refractivity contribution in [2.45, 2.75) is 49.7 Å². The third kappa shape index (κ3) is 6.76. The number of nitrogens with zero attached hydrogens (tertiary/aromatic N) is 3. The minimum Gasteiger partial charge on any atom is -0.444 e. The van der Waals surface area contributed by atoms with Crippen molar-refractivity contribution in [2.24, 2.45) is 0 Å². The van der Waals surface area contributed by atoms with Crippen molar-refractivity contribution in [3.8, 4) is 11.8 Å². The SMILES string of the molecule is CC(C)(C)OC(=O)N1CCCC(O)(C#Cc2nccc3cnc(Nc4ccc(S(C)(=O)=O)cc4)cc23)C1. The molecule has 1 unspecified atom stereocenters. The van der Waals surface area contributed by atoms with Gasteiger partial charge in [-0.1, -0.05) is 5.92 Å². The summed E-state index contributed by atoms with van der Waals surface area (Å²) < 4.78 is 28.8. The van der Waals surface area contributed by atoms with Crippen LogP contribution in [0.1, 0.15) is 39.3 Å². The standard InChI is InChI=1S/C27H30N4O5S/c1-26(2,3)36-25(32)31-15-5-12-27(33,18-31)13-10-23-22-16-24(29-17-19(22)11-14-28-23)30-20-6-8-21(9-7-20)37(4,34)35/h6-9,11,14,16-17,33H,5,12,15,18H2,1-4H3,(H,29,30). The molecule has 37 heavy (non-hydrogen) atoms. The van der Waals surface area contributed by atoms with Crippen molar-refractivity contribution in [3.05, 3.63) is 54.5 Å². The van der Waals surface area contributed by atoms with E-state index in [-0.39, 0.29) is 11.4 Å². The van der Waals surface area contributed by atoms with Crippen molar-refractivity contribution < 1.29 is 23.1 Å². The van der Waals surface area contributed by atoms with E-state index in [0.717, 1.165) is 17.0 Å². The van der Waals surface area contributed by atoms with Gasteiger partial charge in [-0.05, 0) is 75.9 Å². The molecule has 1 atom stereocenters. The van der Waals surface area contributed by atoms with Gasteiger partial charge in [0.25, 0.3) is 0 Å². The Morgan fingerprint density at radius 1 is 1.19 bits per heavy atom. The lowest BCUT2D eigenvalue weighted by molar-refractivity contribution is -0.0153. The van der Waals surface area contributed by atoms with Gasteiger partial charge in [-0.3, -0.25) is 0 Å². The van der Waals surface area contributed by atoms with Gasteiger partial charge in [0.05, 0.1) is 11.4 Å². The zero-order valence-electron chi connectivity index (χ0n) is 21.3. The molecule has 1 saturated heterocycles. The molecular formula is C27H30N4O5S. The van der Waals surface area contributed by atoms with Crippen LogP contribution in [0, 0.1) is 11.8 Å². The zero-order valence-corrected chi connectivity index (χ0v) is 22.1. The Morgan fingerprint density at radius 2 is 1.92 bits per heavy atom. The van der Waals surface area contributed by atoms with Gasteiger partial charge in [0, 0.05) is 41.7 Å². The number of anilines is 2. The average molecular weight is 523 g/mol. The smallest absolute Gasteiger partial charge is 0.410 e. The number of hydrogen-bond acceptors (Lipinski definition) is 8. The maximum atomic E-state index is 12.5. The number of aliphatic hydroxyl groups is 1. The van der Waals surface area contributed by atoms with E-state index < -0.39 is 27.1 Å². The number of benzene rings is 1. The summed E-state index contributed by atoms with van der Waals surface area (Å²) in [4.78, 5) is 23.0. The number of sulfone groups is 1. The first-order chi connectivity index (χ1) is 17.3. The molecule has 1 aliphatic heterocycles. The molecule has 1 amide bonds. The lowest BCUT2D eigenvalue weighted by atomic mass is 9.93. The van der Waals surface area contributed by atoms with Crippen LogP contribution < -0.4 is 5.32 Å². The highest BCUT2D eigenvalue weighted by Crippen LogP contribution is 2.25. The molecule has 2 aromatic heterocycles. The molecule has 9 nitrogen and oxygen atoms in total. The molecule has 1 aliphatic rings. The number of β-amino-alcohol motifs (C(OH)–C–C–N with tert-alkyl or cyclic N) is 1. The number of piperidine rings is 1. The fourth-order valence-electron chi connectivity index (χ4n) is 3.96. The van der Waals surface area contributed by atoms with Crippen molar-refractivity contribution in [1.29, 1.82) is 0 Å². The highest BCUT2D eigenvalue weighted by molar-refractivity contribution is 7.90. The Bertz CT molecular complexity index is 1490. The maximum Gasteiger partial charge on any atom is 0.410 e. The van der Waals surface area contributed by atoms with Gasteiger partial charge in [-0.25, -0.2) is 23.2 Å². The van der Waals surface area contributed by atoms with Crippen LogP contribution in [-0.2, 0) is 14.6 Å². The number of ether oxygens (including phenoxy) is 1. The molecule has 1 aromatic carbocycles. The van der Waals surface area contributed by atoms with Gasteiger partial charge in [-0.2, -0.15) is 0 Å². The Kier molecular flexibility index (Phi) is 7.13. The average Bonchev–Trinajstić information content (AvgIpc) is 2.81. The van der Waals surface area contributed by atoms with Gasteiger partial charge >= 0.3 is 6.09 Å². The highest BCUT2D eigenvalue weighted by Gasteiger charge is 2.35. The van der Waals surface area contributed by atoms with Gasteiger partial charge in [-0.15, -0.1) is 0 Å². The van der Waals surface area contributed by atoms with Crippen LogP contribution in [0.25, 0.3) is 10.8 Å². The number of hydrogen-bond donors (Lipinski definition) is 2. The van der Waals surface area contributed by atoms with Crippen LogP contribution in [0.5, 0.6) is 0 Å². The van der Waals surface area contributed by atoms with Gasteiger partial charge in [0.15, 0.2) is 9.84 Å². The molecule has 0 spiro atoms. The van der Waals surface area contributed by atoms with Crippen LogP contribution in [-0.4, -0.2) is 65.0 Å². The van der Waals surface area contributed by atoms with Gasteiger partial charge in [0.1, 0.15) is 22.7 Å². The summed E-state index contributed by atoms with van der Waals surface area (Å²) in [5.41, 5.74) is -0.859. The largest absolute Gasteiger partial charge is 0.444 e. The van der Waals surface area contributed by atoms with Crippen LogP contribution in [0.2, 0.25) is 0 Å². The fraction of sp³-hybridized carbons (Fsp3) is 0.370. The number of fused-ring (bicyclic) bond motifs is 1. The first-order valence-electron chi connectivity index (χ1n) is 11.9. The van der Waals surface area contributed by atoms with E-state index in [1.807, 2.05) is 6.07 Å².